The van der Waals surface area contributed by atoms with Crippen LogP contribution in [0.1, 0.15) is 16.1 Å². The average Bonchev–Trinajstić information content (AvgIpc) is 3.24. The summed E-state index contributed by atoms with van der Waals surface area (Å²) >= 11 is 0. The molecule has 3 heterocycles. The highest BCUT2D eigenvalue weighted by molar-refractivity contribution is 7.89. The molecule has 4 rings (SSSR count). The maximum Gasteiger partial charge on any atom is 0.341 e. The van der Waals surface area contributed by atoms with Crippen molar-refractivity contribution in [3.63, 3.8) is 0 Å². The van der Waals surface area contributed by atoms with E-state index in [1.165, 1.54) is 22.6 Å². The van der Waals surface area contributed by atoms with Gasteiger partial charge in [0.2, 0.25) is 10.0 Å². The van der Waals surface area contributed by atoms with Crippen molar-refractivity contribution >= 4 is 16.0 Å². The molecule has 3 aromatic rings. The van der Waals surface area contributed by atoms with Gasteiger partial charge in [-0.2, -0.15) is 9.40 Å². The number of carbonyl (C=O) groups excluding carboxylic acids is 1. The van der Waals surface area contributed by atoms with E-state index in [0.717, 1.165) is 0 Å². The molecule has 0 atom stereocenters. The summed E-state index contributed by atoms with van der Waals surface area (Å²) in [5, 5.41) is 4.21. The molecular weight excluding hydrogens is 448 g/mol. The Balaban J connectivity index is 1.28. The maximum atomic E-state index is 12.6. The van der Waals surface area contributed by atoms with Gasteiger partial charge in [-0.1, -0.05) is 6.07 Å². The minimum atomic E-state index is -3.55. The molecule has 0 saturated carbocycles. The van der Waals surface area contributed by atoms with Crippen LogP contribution in [0.4, 0.5) is 0 Å². The molecule has 0 aliphatic carbocycles. The molecule has 174 valence electrons. The second kappa shape index (κ2) is 10.1. The first-order valence-electron chi connectivity index (χ1n) is 10.4. The van der Waals surface area contributed by atoms with Crippen LogP contribution >= 0.6 is 0 Å². The van der Waals surface area contributed by atoms with Crippen LogP contribution in [0.25, 0.3) is 5.82 Å². The molecule has 1 fully saturated rings. The molecule has 1 saturated heterocycles. The van der Waals surface area contributed by atoms with Crippen LogP contribution in [0.5, 0.6) is 5.75 Å². The Morgan fingerprint density at radius 3 is 2.55 bits per heavy atom. The van der Waals surface area contributed by atoms with E-state index in [-0.39, 0.29) is 18.1 Å². The van der Waals surface area contributed by atoms with Crippen molar-refractivity contribution in [2.75, 3.05) is 39.5 Å². The van der Waals surface area contributed by atoms with E-state index >= 15 is 0 Å². The summed E-state index contributed by atoms with van der Waals surface area (Å²) in [4.78, 5) is 16.8. The van der Waals surface area contributed by atoms with E-state index < -0.39 is 16.0 Å². The van der Waals surface area contributed by atoms with Gasteiger partial charge in [-0.25, -0.2) is 22.9 Å². The molecule has 33 heavy (non-hydrogen) atoms. The number of morpholine rings is 1. The number of nitrogens with zero attached hydrogens (tertiary/aromatic N) is 4. The fourth-order valence-electron chi connectivity index (χ4n) is 3.34. The van der Waals surface area contributed by atoms with Gasteiger partial charge in [0.15, 0.2) is 5.82 Å². The van der Waals surface area contributed by atoms with E-state index in [2.05, 4.69) is 10.1 Å². The first-order chi connectivity index (χ1) is 16.0. The highest BCUT2D eigenvalue weighted by atomic mass is 32.2. The highest BCUT2D eigenvalue weighted by Gasteiger charge is 2.26. The van der Waals surface area contributed by atoms with Crippen LogP contribution in [0.15, 0.2) is 59.8 Å². The molecule has 0 radical (unpaired) electrons. The molecule has 10 nitrogen and oxygen atoms in total. The monoisotopic (exact) mass is 472 g/mol. The van der Waals surface area contributed by atoms with E-state index in [4.69, 9.17) is 14.2 Å². The number of hydrogen-bond acceptors (Lipinski definition) is 8. The first kappa shape index (κ1) is 22.9. The Morgan fingerprint density at radius 1 is 1.09 bits per heavy atom. The number of pyridine rings is 1. The third kappa shape index (κ3) is 5.21. The minimum Gasteiger partial charge on any atom is -0.490 e. The van der Waals surface area contributed by atoms with E-state index in [1.54, 1.807) is 42.1 Å². The molecule has 0 unspecified atom stereocenters. The molecule has 1 aromatic carbocycles. The zero-order valence-electron chi connectivity index (χ0n) is 18.1. The fourth-order valence-corrected chi connectivity index (χ4v) is 4.74. The van der Waals surface area contributed by atoms with Gasteiger partial charge in [0.05, 0.1) is 30.0 Å². The van der Waals surface area contributed by atoms with Crippen LogP contribution < -0.4 is 4.74 Å². The van der Waals surface area contributed by atoms with Gasteiger partial charge in [-0.05, 0) is 43.3 Å². The molecule has 2 aromatic heterocycles. The topological polar surface area (TPSA) is 113 Å². The van der Waals surface area contributed by atoms with Crippen LogP contribution in [-0.4, -0.2) is 73.0 Å². The van der Waals surface area contributed by atoms with Crippen molar-refractivity contribution in [3.05, 3.63) is 66.1 Å². The molecule has 1 aliphatic heterocycles. The van der Waals surface area contributed by atoms with E-state index in [9.17, 15) is 13.2 Å². The number of esters is 1. The molecule has 0 spiro atoms. The number of rotatable bonds is 8. The van der Waals surface area contributed by atoms with Crippen LogP contribution in [0.2, 0.25) is 0 Å². The Labute approximate surface area is 191 Å². The quantitative estimate of drug-likeness (QED) is 0.361. The first-order valence-corrected chi connectivity index (χ1v) is 11.8. The van der Waals surface area contributed by atoms with Gasteiger partial charge in [0.1, 0.15) is 24.5 Å². The predicted molar refractivity (Wildman–Crippen MR) is 118 cm³/mol. The van der Waals surface area contributed by atoms with E-state index in [1.807, 2.05) is 6.07 Å². The number of sulfonamides is 1. The van der Waals surface area contributed by atoms with Gasteiger partial charge in [0, 0.05) is 19.3 Å². The van der Waals surface area contributed by atoms with Gasteiger partial charge in [-0.15, -0.1) is 0 Å². The smallest absolute Gasteiger partial charge is 0.341 e. The van der Waals surface area contributed by atoms with Crippen molar-refractivity contribution in [1.82, 2.24) is 19.1 Å². The van der Waals surface area contributed by atoms with Gasteiger partial charge in [-0.3, -0.25) is 0 Å². The third-order valence-corrected chi connectivity index (χ3v) is 7.03. The largest absolute Gasteiger partial charge is 0.490 e. The number of carbonyl (C=O) groups is 1. The van der Waals surface area contributed by atoms with Gasteiger partial charge in [0.25, 0.3) is 0 Å². The summed E-state index contributed by atoms with van der Waals surface area (Å²) in [5.41, 5.74) is 0.968. The number of benzene rings is 1. The zero-order chi connectivity index (χ0) is 23.3. The molecule has 0 amide bonds. The minimum absolute atomic E-state index is 0.0286. The van der Waals surface area contributed by atoms with Crippen molar-refractivity contribution < 1.29 is 27.4 Å². The number of ether oxygens (including phenoxy) is 3. The molecule has 0 bridgehead atoms. The lowest BCUT2D eigenvalue weighted by Crippen LogP contribution is -2.40. The van der Waals surface area contributed by atoms with Gasteiger partial charge < -0.3 is 14.2 Å². The SMILES string of the molecule is Cc1c(C(=O)OCCOc2ccc(S(=O)(=O)N3CCOCC3)cc2)cnn1-c1ccccn1. The van der Waals surface area contributed by atoms with E-state index in [0.29, 0.717) is 49.1 Å². The summed E-state index contributed by atoms with van der Waals surface area (Å²) in [7, 11) is -3.55. The zero-order valence-corrected chi connectivity index (χ0v) is 18.9. The summed E-state index contributed by atoms with van der Waals surface area (Å²) in [5.74, 6) is 0.577. The molecule has 1 aliphatic rings. The average molecular weight is 473 g/mol. The Hall–Kier alpha value is -3.28. The van der Waals surface area contributed by atoms with Crippen molar-refractivity contribution in [2.24, 2.45) is 0 Å². The summed E-state index contributed by atoms with van der Waals surface area (Å²) in [6.07, 6.45) is 3.09. The molecule has 11 heteroatoms. The summed E-state index contributed by atoms with van der Waals surface area (Å²) in [6, 6.07) is 11.6. The predicted octanol–water partition coefficient (Wildman–Crippen LogP) is 1.83. The Morgan fingerprint density at radius 2 is 1.85 bits per heavy atom. The standard InChI is InChI=1S/C22H24N4O6S/c1-17-20(16-24-26(17)21-4-2-3-9-23-21)22(27)32-15-14-31-18-5-7-19(8-6-18)33(28,29)25-10-12-30-13-11-25/h2-9,16H,10-15H2,1H3. The number of hydrogen-bond donors (Lipinski definition) is 0. The lowest BCUT2D eigenvalue weighted by molar-refractivity contribution is 0.0449. The summed E-state index contributed by atoms with van der Waals surface area (Å²) < 4.78 is 44.3. The Kier molecular flexibility index (Phi) is 7.02. The third-order valence-electron chi connectivity index (χ3n) is 5.11. The highest BCUT2D eigenvalue weighted by Crippen LogP contribution is 2.20. The maximum absolute atomic E-state index is 12.6. The second-order valence-corrected chi connectivity index (χ2v) is 9.15. The summed E-state index contributed by atoms with van der Waals surface area (Å²) in [6.45, 7) is 3.38. The lowest BCUT2D eigenvalue weighted by Gasteiger charge is -2.26. The second-order valence-electron chi connectivity index (χ2n) is 7.22. The lowest BCUT2D eigenvalue weighted by atomic mass is 10.2. The Bertz CT molecular complexity index is 1190. The fraction of sp³-hybridized carbons (Fsp3) is 0.318. The van der Waals surface area contributed by atoms with Crippen molar-refractivity contribution in [2.45, 2.75) is 11.8 Å². The van der Waals surface area contributed by atoms with Crippen LogP contribution in [0.3, 0.4) is 0 Å². The van der Waals surface area contributed by atoms with Crippen LogP contribution in [-0.2, 0) is 19.5 Å². The van der Waals surface area contributed by atoms with Gasteiger partial charge >= 0.3 is 5.97 Å². The molecule has 0 N–H and O–H groups in total. The van der Waals surface area contributed by atoms with Crippen molar-refractivity contribution in [3.8, 4) is 11.6 Å². The normalized spacial score (nSPS) is 14.7. The van der Waals surface area contributed by atoms with Crippen LogP contribution in [0, 0.1) is 6.92 Å². The van der Waals surface area contributed by atoms with Crippen molar-refractivity contribution in [1.29, 1.82) is 0 Å². The number of aromatic nitrogens is 3. The molecular formula is C22H24N4O6S.